The van der Waals surface area contributed by atoms with Gasteiger partial charge in [0.2, 0.25) is 5.91 Å². The second-order valence-electron chi connectivity index (χ2n) is 5.30. The number of hydrogen-bond donors (Lipinski definition) is 0. The van der Waals surface area contributed by atoms with E-state index in [0.29, 0.717) is 18.8 Å². The quantitative estimate of drug-likeness (QED) is 0.799. The Bertz CT molecular complexity index is 658. The van der Waals surface area contributed by atoms with Crippen molar-refractivity contribution in [3.8, 4) is 0 Å². The Balaban J connectivity index is 1.71. The monoisotopic (exact) mass is 320 g/mol. The number of carbonyl (C=O) groups excluding carboxylic acids is 3. The van der Waals surface area contributed by atoms with E-state index in [1.165, 1.54) is 6.08 Å². The Hall–Kier alpha value is -2.02. The lowest BCUT2D eigenvalue weighted by atomic mass is 10.3. The summed E-state index contributed by atoms with van der Waals surface area (Å²) >= 11 is 0.838. The fourth-order valence-corrected chi connectivity index (χ4v) is 3.32. The van der Waals surface area contributed by atoms with Gasteiger partial charge in [-0.2, -0.15) is 0 Å². The van der Waals surface area contributed by atoms with E-state index in [1.54, 1.807) is 24.0 Å². The molecular weight excluding hydrogens is 304 g/mol. The van der Waals surface area contributed by atoms with Crippen molar-refractivity contribution in [1.29, 1.82) is 0 Å². The molecule has 1 aromatic rings. The van der Waals surface area contributed by atoms with E-state index in [9.17, 15) is 14.4 Å². The molecule has 0 aliphatic carbocycles. The van der Waals surface area contributed by atoms with Gasteiger partial charge in [0, 0.05) is 19.2 Å². The summed E-state index contributed by atoms with van der Waals surface area (Å²) in [5, 5.41) is -0.410. The maximum Gasteiger partial charge on any atom is 0.294 e. The number of likely N-dealkylation sites (tertiary alicyclic amines) is 1. The average molecular weight is 320 g/mol. The molecule has 0 saturated carbocycles. The predicted octanol–water partition coefficient (Wildman–Crippen LogP) is 2.25. The van der Waals surface area contributed by atoms with Crippen LogP contribution in [0.25, 0.3) is 6.08 Å². The Labute approximate surface area is 132 Å². The highest BCUT2D eigenvalue weighted by atomic mass is 32.2. The molecule has 2 saturated heterocycles. The fraction of sp³-hybridized carbons (Fsp3) is 0.400. The van der Waals surface area contributed by atoms with Crippen LogP contribution in [0.2, 0.25) is 0 Å². The molecule has 2 aliphatic heterocycles. The molecule has 3 heterocycles. The molecular formula is C15H16N2O4S. The number of aryl methyl sites for hydroxylation is 1. The minimum atomic E-state index is -0.434. The molecule has 0 bridgehead atoms. The second-order valence-corrected chi connectivity index (χ2v) is 6.30. The van der Waals surface area contributed by atoms with Crippen LogP contribution in [0.15, 0.2) is 21.5 Å². The molecule has 0 spiro atoms. The molecule has 2 fully saturated rings. The SMILES string of the molecule is Cc1ccc(/C=C2\SC(=O)N(CC(=O)N3CCCC3)C2=O)o1. The first kappa shape index (κ1) is 14.9. The van der Waals surface area contributed by atoms with Gasteiger partial charge in [-0.05, 0) is 43.7 Å². The largest absolute Gasteiger partial charge is 0.462 e. The first-order valence-corrected chi connectivity index (χ1v) is 7.96. The summed E-state index contributed by atoms with van der Waals surface area (Å²) < 4.78 is 5.38. The van der Waals surface area contributed by atoms with Crippen molar-refractivity contribution in [2.45, 2.75) is 19.8 Å². The molecule has 1 aromatic heterocycles. The van der Waals surface area contributed by atoms with Gasteiger partial charge in [0.1, 0.15) is 18.1 Å². The van der Waals surface area contributed by atoms with Crippen LogP contribution in [0.1, 0.15) is 24.4 Å². The fourth-order valence-electron chi connectivity index (χ4n) is 2.50. The van der Waals surface area contributed by atoms with Crippen LogP contribution >= 0.6 is 11.8 Å². The van der Waals surface area contributed by atoms with Crippen molar-refractivity contribution in [3.05, 3.63) is 28.6 Å². The maximum atomic E-state index is 12.3. The first-order chi connectivity index (χ1) is 10.5. The van der Waals surface area contributed by atoms with Crippen molar-refractivity contribution in [3.63, 3.8) is 0 Å². The molecule has 3 amide bonds. The number of furan rings is 1. The van der Waals surface area contributed by atoms with Crippen molar-refractivity contribution in [1.82, 2.24) is 9.80 Å². The summed E-state index contributed by atoms with van der Waals surface area (Å²) in [4.78, 5) is 39.3. The number of amides is 3. The highest BCUT2D eigenvalue weighted by Crippen LogP contribution is 2.32. The van der Waals surface area contributed by atoms with E-state index in [2.05, 4.69) is 0 Å². The van der Waals surface area contributed by atoms with Crippen LogP contribution in [0.4, 0.5) is 4.79 Å². The zero-order chi connectivity index (χ0) is 15.7. The first-order valence-electron chi connectivity index (χ1n) is 7.14. The minimum absolute atomic E-state index is 0.171. The van der Waals surface area contributed by atoms with E-state index in [0.717, 1.165) is 35.3 Å². The Morgan fingerprint density at radius 3 is 2.68 bits per heavy atom. The molecule has 3 rings (SSSR count). The topological polar surface area (TPSA) is 70.8 Å². The van der Waals surface area contributed by atoms with Gasteiger partial charge in [-0.15, -0.1) is 0 Å². The summed E-state index contributed by atoms with van der Waals surface area (Å²) in [6, 6.07) is 3.52. The van der Waals surface area contributed by atoms with Crippen LogP contribution in [-0.2, 0) is 9.59 Å². The third kappa shape index (κ3) is 2.94. The predicted molar refractivity (Wildman–Crippen MR) is 81.9 cm³/mol. The van der Waals surface area contributed by atoms with Crippen LogP contribution in [0, 0.1) is 6.92 Å². The summed E-state index contributed by atoms with van der Waals surface area (Å²) in [7, 11) is 0. The summed E-state index contributed by atoms with van der Waals surface area (Å²) in [6.45, 7) is 3.03. The molecule has 0 unspecified atom stereocenters. The Morgan fingerprint density at radius 2 is 2.05 bits per heavy atom. The van der Waals surface area contributed by atoms with Gasteiger partial charge in [-0.25, -0.2) is 0 Å². The summed E-state index contributed by atoms with van der Waals surface area (Å²) in [5.74, 6) is 0.648. The van der Waals surface area contributed by atoms with Gasteiger partial charge >= 0.3 is 0 Å². The molecule has 0 atom stereocenters. The summed E-state index contributed by atoms with van der Waals surface area (Å²) in [6.07, 6.45) is 3.50. The molecule has 7 heteroatoms. The van der Waals surface area contributed by atoms with E-state index >= 15 is 0 Å². The number of thioether (sulfide) groups is 1. The minimum Gasteiger partial charge on any atom is -0.462 e. The van der Waals surface area contributed by atoms with Crippen molar-refractivity contribution in [2.75, 3.05) is 19.6 Å². The molecule has 0 radical (unpaired) electrons. The van der Waals surface area contributed by atoms with E-state index in [4.69, 9.17) is 4.42 Å². The Morgan fingerprint density at radius 1 is 1.32 bits per heavy atom. The summed E-state index contributed by atoms with van der Waals surface area (Å²) in [5.41, 5.74) is 0. The smallest absolute Gasteiger partial charge is 0.294 e. The Kier molecular flexibility index (Phi) is 4.06. The number of nitrogens with zero attached hydrogens (tertiary/aromatic N) is 2. The van der Waals surface area contributed by atoms with Gasteiger partial charge < -0.3 is 9.32 Å². The number of imide groups is 1. The van der Waals surface area contributed by atoms with Crippen molar-refractivity contribution >= 4 is 34.9 Å². The zero-order valence-electron chi connectivity index (χ0n) is 12.2. The van der Waals surface area contributed by atoms with Crippen LogP contribution < -0.4 is 0 Å². The van der Waals surface area contributed by atoms with Crippen molar-refractivity contribution < 1.29 is 18.8 Å². The normalized spacial score (nSPS) is 20.5. The maximum absolute atomic E-state index is 12.3. The molecule has 6 nitrogen and oxygen atoms in total. The lowest BCUT2D eigenvalue weighted by Crippen LogP contribution is -2.40. The number of rotatable bonds is 3. The van der Waals surface area contributed by atoms with Gasteiger partial charge in [-0.3, -0.25) is 19.3 Å². The van der Waals surface area contributed by atoms with Crippen LogP contribution in [0.3, 0.4) is 0 Å². The van der Waals surface area contributed by atoms with Gasteiger partial charge in [0.15, 0.2) is 0 Å². The molecule has 0 aromatic carbocycles. The highest BCUT2D eigenvalue weighted by molar-refractivity contribution is 8.18. The standard InChI is InChI=1S/C15H16N2O4S/c1-10-4-5-11(21-10)8-12-14(19)17(15(20)22-12)9-13(18)16-6-2-3-7-16/h4-5,8H,2-3,6-7,9H2,1H3/b12-8-. The lowest BCUT2D eigenvalue weighted by Gasteiger charge is -2.18. The van der Waals surface area contributed by atoms with E-state index in [-0.39, 0.29) is 17.4 Å². The molecule has 116 valence electrons. The third-order valence-corrected chi connectivity index (χ3v) is 4.57. The lowest BCUT2D eigenvalue weighted by molar-refractivity contribution is -0.135. The second kappa shape index (κ2) is 6.00. The third-order valence-electron chi connectivity index (χ3n) is 3.66. The van der Waals surface area contributed by atoms with Gasteiger partial charge in [0.05, 0.1) is 4.91 Å². The van der Waals surface area contributed by atoms with E-state index < -0.39 is 11.1 Å². The zero-order valence-corrected chi connectivity index (χ0v) is 13.0. The average Bonchev–Trinajstić information content (AvgIpc) is 3.18. The molecule has 22 heavy (non-hydrogen) atoms. The van der Waals surface area contributed by atoms with Crippen molar-refractivity contribution in [2.24, 2.45) is 0 Å². The van der Waals surface area contributed by atoms with Gasteiger partial charge in [-0.1, -0.05) is 0 Å². The number of carbonyl (C=O) groups is 3. The highest BCUT2D eigenvalue weighted by Gasteiger charge is 2.37. The van der Waals surface area contributed by atoms with Crippen LogP contribution in [0.5, 0.6) is 0 Å². The molecule has 2 aliphatic rings. The van der Waals surface area contributed by atoms with E-state index in [1.807, 2.05) is 0 Å². The van der Waals surface area contributed by atoms with Crippen LogP contribution in [-0.4, -0.2) is 46.5 Å². The number of hydrogen-bond acceptors (Lipinski definition) is 5. The molecule has 0 N–H and O–H groups in total. The van der Waals surface area contributed by atoms with Gasteiger partial charge in [0.25, 0.3) is 11.1 Å².